The van der Waals surface area contributed by atoms with Crippen LogP contribution >= 0.6 is 0 Å². The van der Waals surface area contributed by atoms with Crippen LogP contribution in [0.3, 0.4) is 0 Å². The van der Waals surface area contributed by atoms with Crippen LogP contribution < -0.4 is 9.47 Å². The van der Waals surface area contributed by atoms with E-state index in [4.69, 9.17) is 9.47 Å². The van der Waals surface area contributed by atoms with Crippen molar-refractivity contribution in [3.8, 4) is 11.5 Å². The van der Waals surface area contributed by atoms with Crippen LogP contribution in [0.4, 0.5) is 4.39 Å². The molecule has 0 unspecified atom stereocenters. The topological polar surface area (TPSA) is 55.8 Å². The highest BCUT2D eigenvalue weighted by atomic mass is 32.2. The van der Waals surface area contributed by atoms with Gasteiger partial charge >= 0.3 is 0 Å². The van der Waals surface area contributed by atoms with Crippen molar-refractivity contribution in [2.24, 2.45) is 5.92 Å². The zero-order chi connectivity index (χ0) is 21.3. The average molecular weight is 432 g/mol. The Hall–Kier alpha value is -2.38. The number of halogens is 1. The molecule has 0 N–H and O–H groups in total. The summed E-state index contributed by atoms with van der Waals surface area (Å²) in [6, 6.07) is 10.2. The van der Waals surface area contributed by atoms with Crippen molar-refractivity contribution in [3.63, 3.8) is 0 Å². The maximum Gasteiger partial charge on any atom is 0.203 e. The Labute approximate surface area is 177 Å². The summed E-state index contributed by atoms with van der Waals surface area (Å²) in [4.78, 5) is 2.99. The third-order valence-corrected chi connectivity index (χ3v) is 7.90. The largest absolute Gasteiger partial charge is 0.493 e. The van der Waals surface area contributed by atoms with Crippen LogP contribution in [0.1, 0.15) is 24.0 Å². The fourth-order valence-corrected chi connectivity index (χ4v) is 6.01. The number of nitrogens with zero attached hydrogens (tertiary/aromatic N) is 1. The van der Waals surface area contributed by atoms with E-state index in [1.165, 1.54) is 13.2 Å². The summed E-state index contributed by atoms with van der Waals surface area (Å²) in [7, 11) is -0.470. The highest BCUT2D eigenvalue weighted by Gasteiger charge is 2.34. The van der Waals surface area contributed by atoms with Crippen molar-refractivity contribution in [1.29, 1.82) is 0 Å². The quantitative estimate of drug-likeness (QED) is 0.717. The van der Waals surface area contributed by atoms with Gasteiger partial charge in [0.05, 0.1) is 19.1 Å². The van der Waals surface area contributed by atoms with Crippen molar-refractivity contribution in [2.75, 3.05) is 27.3 Å². The first-order valence-electron chi connectivity index (χ1n) is 10.1. The van der Waals surface area contributed by atoms with Crippen LogP contribution in [0.5, 0.6) is 11.5 Å². The summed E-state index contributed by atoms with van der Waals surface area (Å²) >= 11 is 0. The molecule has 2 heterocycles. The van der Waals surface area contributed by atoms with Crippen LogP contribution in [0.25, 0.3) is 0 Å². The van der Waals surface area contributed by atoms with Gasteiger partial charge in [0.1, 0.15) is 5.82 Å². The number of ether oxygens (including phenoxy) is 2. The molecule has 1 saturated heterocycles. The number of methoxy groups -OCH3 is 2. The second-order valence-electron chi connectivity index (χ2n) is 7.83. The molecule has 2 aromatic rings. The van der Waals surface area contributed by atoms with Crippen LogP contribution in [-0.4, -0.2) is 40.6 Å². The summed E-state index contributed by atoms with van der Waals surface area (Å²) in [5, 5.41) is 0. The van der Waals surface area contributed by atoms with Gasteiger partial charge in [0, 0.05) is 29.5 Å². The molecule has 0 bridgehead atoms. The standard InChI is InChI=1S/C23H26FNO4S/c1-28-21-13-18-12-19(30(26,27)23(18)14-22(21)29-2)11-16-7-9-25(10-8-16)15-17-5-3-4-6-20(17)24/h3-6,11,13-14,16H,7-10,12,15H2,1-2H3. The Kier molecular flexibility index (Phi) is 5.84. The van der Waals surface area contributed by atoms with Gasteiger partial charge in [-0.15, -0.1) is 0 Å². The third kappa shape index (κ3) is 3.96. The van der Waals surface area contributed by atoms with Gasteiger partial charge in [-0.2, -0.15) is 0 Å². The first kappa shape index (κ1) is 20.9. The van der Waals surface area contributed by atoms with Gasteiger partial charge in [-0.1, -0.05) is 24.3 Å². The van der Waals surface area contributed by atoms with Gasteiger partial charge in [0.2, 0.25) is 9.84 Å². The second kappa shape index (κ2) is 8.40. The summed E-state index contributed by atoms with van der Waals surface area (Å²) in [6.07, 6.45) is 4.02. The van der Waals surface area contributed by atoms with Gasteiger partial charge in [0.15, 0.2) is 11.5 Å². The van der Waals surface area contributed by atoms with Crippen LogP contribution in [0, 0.1) is 11.7 Å². The Morgan fingerprint density at radius 3 is 2.43 bits per heavy atom. The first-order chi connectivity index (χ1) is 14.4. The molecule has 0 atom stereocenters. The van der Waals surface area contributed by atoms with Gasteiger partial charge in [-0.05, 0) is 49.5 Å². The molecule has 7 heteroatoms. The molecule has 2 aliphatic heterocycles. The lowest BCUT2D eigenvalue weighted by Crippen LogP contribution is -2.33. The molecule has 160 valence electrons. The molecule has 2 aromatic carbocycles. The molecule has 0 aliphatic carbocycles. The van der Waals surface area contributed by atoms with Crippen molar-refractivity contribution in [2.45, 2.75) is 30.7 Å². The zero-order valence-electron chi connectivity index (χ0n) is 17.2. The molecule has 0 saturated carbocycles. The molecule has 2 aliphatic rings. The molecule has 5 nitrogen and oxygen atoms in total. The summed E-state index contributed by atoms with van der Waals surface area (Å²) in [6.45, 7) is 2.22. The molecular weight excluding hydrogens is 405 g/mol. The van der Waals surface area contributed by atoms with Gasteiger partial charge in [-0.25, -0.2) is 12.8 Å². The number of likely N-dealkylation sites (tertiary alicyclic amines) is 1. The maximum absolute atomic E-state index is 13.9. The minimum atomic E-state index is -3.51. The lowest BCUT2D eigenvalue weighted by Gasteiger charge is -2.31. The summed E-state index contributed by atoms with van der Waals surface area (Å²) in [5.74, 6) is 0.976. The number of piperidine rings is 1. The van der Waals surface area contributed by atoms with E-state index in [-0.39, 0.29) is 11.7 Å². The van der Waals surface area contributed by atoms with Crippen molar-refractivity contribution in [3.05, 3.63) is 64.3 Å². The SMILES string of the molecule is COc1cc2c(cc1OC)S(=O)(=O)C(=CC1CCN(Cc3ccccc3F)CC1)C2. The number of hydrogen-bond acceptors (Lipinski definition) is 5. The van der Waals surface area contributed by atoms with E-state index in [0.29, 0.717) is 39.8 Å². The highest BCUT2D eigenvalue weighted by molar-refractivity contribution is 7.95. The van der Waals surface area contributed by atoms with E-state index in [1.54, 1.807) is 25.3 Å². The van der Waals surface area contributed by atoms with Crippen LogP contribution in [0.15, 0.2) is 52.3 Å². The predicted octanol–water partition coefficient (Wildman–Crippen LogP) is 3.97. The van der Waals surface area contributed by atoms with Gasteiger partial charge in [0.25, 0.3) is 0 Å². The lowest BCUT2D eigenvalue weighted by molar-refractivity contribution is 0.193. The minimum absolute atomic E-state index is 0.178. The Balaban J connectivity index is 1.46. The van der Waals surface area contributed by atoms with E-state index in [0.717, 1.165) is 31.5 Å². The van der Waals surface area contributed by atoms with E-state index < -0.39 is 9.84 Å². The normalized spacial score (nSPS) is 20.3. The smallest absolute Gasteiger partial charge is 0.203 e. The Morgan fingerprint density at radius 2 is 1.77 bits per heavy atom. The molecule has 0 amide bonds. The lowest BCUT2D eigenvalue weighted by atomic mass is 9.95. The van der Waals surface area contributed by atoms with E-state index in [1.807, 2.05) is 18.2 Å². The Morgan fingerprint density at radius 1 is 1.10 bits per heavy atom. The van der Waals surface area contributed by atoms with E-state index >= 15 is 0 Å². The first-order valence-corrected chi connectivity index (χ1v) is 11.6. The molecular formula is C23H26FNO4S. The monoisotopic (exact) mass is 431 g/mol. The number of allylic oxidation sites excluding steroid dienone is 2. The third-order valence-electron chi connectivity index (χ3n) is 5.97. The predicted molar refractivity (Wildman–Crippen MR) is 113 cm³/mol. The number of rotatable bonds is 5. The van der Waals surface area contributed by atoms with Crippen molar-refractivity contribution < 1.29 is 22.3 Å². The molecule has 1 fully saturated rings. The average Bonchev–Trinajstić information content (AvgIpc) is 2.99. The number of benzene rings is 2. The minimum Gasteiger partial charge on any atom is -0.493 e. The maximum atomic E-state index is 13.9. The summed E-state index contributed by atoms with van der Waals surface area (Å²) in [5.41, 5.74) is 1.45. The number of fused-ring (bicyclic) bond motifs is 1. The van der Waals surface area contributed by atoms with E-state index in [2.05, 4.69) is 4.90 Å². The molecule has 0 aromatic heterocycles. The fourth-order valence-electron chi connectivity index (χ4n) is 4.27. The molecule has 0 spiro atoms. The fraction of sp³-hybridized carbons (Fsp3) is 0.391. The Bertz CT molecular complexity index is 1070. The van der Waals surface area contributed by atoms with Crippen LogP contribution in [0.2, 0.25) is 0 Å². The van der Waals surface area contributed by atoms with Crippen LogP contribution in [-0.2, 0) is 22.8 Å². The molecule has 30 heavy (non-hydrogen) atoms. The van der Waals surface area contributed by atoms with E-state index in [9.17, 15) is 12.8 Å². The van der Waals surface area contributed by atoms with Crippen molar-refractivity contribution in [1.82, 2.24) is 4.90 Å². The molecule has 4 rings (SSSR count). The van der Waals surface area contributed by atoms with Gasteiger partial charge < -0.3 is 9.47 Å². The van der Waals surface area contributed by atoms with Crippen molar-refractivity contribution >= 4 is 9.84 Å². The highest BCUT2D eigenvalue weighted by Crippen LogP contribution is 2.41. The molecule has 0 radical (unpaired) electrons. The summed E-state index contributed by atoms with van der Waals surface area (Å²) < 4.78 is 50.6. The number of sulfone groups is 1. The second-order valence-corrected chi connectivity index (χ2v) is 9.80. The number of hydrogen-bond donors (Lipinski definition) is 0. The zero-order valence-corrected chi connectivity index (χ0v) is 18.0. The van der Waals surface area contributed by atoms with Gasteiger partial charge in [-0.3, -0.25) is 4.90 Å².